The maximum absolute atomic E-state index is 6.04. The van der Waals surface area contributed by atoms with E-state index in [0.29, 0.717) is 5.92 Å². The van der Waals surface area contributed by atoms with Crippen molar-refractivity contribution in [2.45, 2.75) is 38.8 Å². The van der Waals surface area contributed by atoms with Gasteiger partial charge in [0.05, 0.1) is 6.10 Å². The summed E-state index contributed by atoms with van der Waals surface area (Å²) < 4.78 is 6.04. The SMILES string of the molecule is CC(C)(C)NCC1CCOC1c1cncc2ccccc12. The zero-order valence-electron chi connectivity index (χ0n) is 13.1. The van der Waals surface area contributed by atoms with Gasteiger partial charge in [0.2, 0.25) is 0 Å². The van der Waals surface area contributed by atoms with E-state index in [2.05, 4.69) is 55.3 Å². The predicted octanol–water partition coefficient (Wildman–Crippen LogP) is 3.70. The molecule has 2 heterocycles. The molecule has 1 fully saturated rings. The van der Waals surface area contributed by atoms with Gasteiger partial charge < -0.3 is 10.1 Å². The molecule has 0 aliphatic carbocycles. The van der Waals surface area contributed by atoms with Crippen LogP contribution in [0.1, 0.15) is 38.9 Å². The number of aromatic nitrogens is 1. The monoisotopic (exact) mass is 284 g/mol. The largest absolute Gasteiger partial charge is 0.373 e. The van der Waals surface area contributed by atoms with Gasteiger partial charge >= 0.3 is 0 Å². The van der Waals surface area contributed by atoms with Crippen LogP contribution in [0.4, 0.5) is 0 Å². The normalized spacial score (nSPS) is 22.8. The molecule has 3 nitrogen and oxygen atoms in total. The molecule has 1 aliphatic rings. The number of hydrogen-bond acceptors (Lipinski definition) is 3. The number of pyridine rings is 1. The number of fused-ring (bicyclic) bond motifs is 1. The van der Waals surface area contributed by atoms with Crippen LogP contribution in [0.5, 0.6) is 0 Å². The third kappa shape index (κ3) is 3.25. The second-order valence-corrected chi connectivity index (χ2v) is 6.92. The van der Waals surface area contributed by atoms with Crippen LogP contribution in [0.15, 0.2) is 36.7 Å². The summed E-state index contributed by atoms with van der Waals surface area (Å²) in [6.07, 6.45) is 5.16. The molecule has 0 saturated carbocycles. The number of rotatable bonds is 3. The lowest BCUT2D eigenvalue weighted by Crippen LogP contribution is -2.39. The van der Waals surface area contributed by atoms with Gasteiger partial charge in [-0.25, -0.2) is 0 Å². The number of hydrogen-bond donors (Lipinski definition) is 1. The Morgan fingerprint density at radius 3 is 2.86 bits per heavy atom. The fraction of sp³-hybridized carbons (Fsp3) is 0.500. The van der Waals surface area contributed by atoms with Crippen LogP contribution in [-0.4, -0.2) is 23.7 Å². The number of benzene rings is 1. The molecule has 2 atom stereocenters. The van der Waals surface area contributed by atoms with E-state index < -0.39 is 0 Å². The molecule has 0 spiro atoms. The van der Waals surface area contributed by atoms with Crippen molar-refractivity contribution in [2.24, 2.45) is 5.92 Å². The Morgan fingerprint density at radius 1 is 1.24 bits per heavy atom. The summed E-state index contributed by atoms with van der Waals surface area (Å²) in [4.78, 5) is 4.40. The maximum Gasteiger partial charge on any atom is 0.0886 e. The van der Waals surface area contributed by atoms with E-state index in [-0.39, 0.29) is 11.6 Å². The first-order valence-electron chi connectivity index (χ1n) is 7.74. The summed E-state index contributed by atoms with van der Waals surface area (Å²) in [6.45, 7) is 8.44. The average Bonchev–Trinajstić information content (AvgIpc) is 2.92. The highest BCUT2D eigenvalue weighted by molar-refractivity contribution is 5.85. The van der Waals surface area contributed by atoms with Crippen molar-refractivity contribution in [2.75, 3.05) is 13.2 Å². The molecular weight excluding hydrogens is 260 g/mol. The van der Waals surface area contributed by atoms with Gasteiger partial charge in [0.25, 0.3) is 0 Å². The molecular formula is C18H24N2O. The Bertz CT molecular complexity index is 613. The van der Waals surface area contributed by atoms with Crippen LogP contribution in [0.25, 0.3) is 10.8 Å². The lowest BCUT2D eigenvalue weighted by molar-refractivity contribution is 0.0898. The van der Waals surface area contributed by atoms with E-state index in [1.54, 1.807) is 0 Å². The van der Waals surface area contributed by atoms with Crippen molar-refractivity contribution in [1.29, 1.82) is 0 Å². The average molecular weight is 284 g/mol. The van der Waals surface area contributed by atoms with E-state index in [1.807, 2.05) is 12.4 Å². The molecule has 2 unspecified atom stereocenters. The molecule has 1 saturated heterocycles. The van der Waals surface area contributed by atoms with E-state index in [9.17, 15) is 0 Å². The fourth-order valence-corrected chi connectivity index (χ4v) is 2.99. The Kier molecular flexibility index (Phi) is 3.96. The summed E-state index contributed by atoms with van der Waals surface area (Å²) in [5.74, 6) is 0.511. The highest BCUT2D eigenvalue weighted by atomic mass is 16.5. The summed E-state index contributed by atoms with van der Waals surface area (Å²) in [5.41, 5.74) is 1.37. The Balaban J connectivity index is 1.87. The third-order valence-corrected chi connectivity index (χ3v) is 4.11. The van der Waals surface area contributed by atoms with Gasteiger partial charge in [-0.3, -0.25) is 4.98 Å². The van der Waals surface area contributed by atoms with Crippen LogP contribution >= 0.6 is 0 Å². The van der Waals surface area contributed by atoms with E-state index >= 15 is 0 Å². The molecule has 2 aromatic rings. The Morgan fingerprint density at radius 2 is 2.05 bits per heavy atom. The highest BCUT2D eigenvalue weighted by Crippen LogP contribution is 2.37. The highest BCUT2D eigenvalue weighted by Gasteiger charge is 2.31. The Hall–Kier alpha value is -1.45. The van der Waals surface area contributed by atoms with Crippen LogP contribution in [0.2, 0.25) is 0 Å². The third-order valence-electron chi connectivity index (χ3n) is 4.11. The van der Waals surface area contributed by atoms with Gasteiger partial charge in [-0.15, -0.1) is 0 Å². The molecule has 21 heavy (non-hydrogen) atoms. The minimum absolute atomic E-state index is 0.143. The summed E-state index contributed by atoms with van der Waals surface area (Å²) in [5, 5.41) is 6.06. The molecule has 112 valence electrons. The van der Waals surface area contributed by atoms with Gasteiger partial charge in [-0.2, -0.15) is 0 Å². The van der Waals surface area contributed by atoms with Crippen molar-refractivity contribution in [1.82, 2.24) is 10.3 Å². The standard InChI is InChI=1S/C18H24N2O/c1-18(2,3)20-11-14-8-9-21-17(14)16-12-19-10-13-6-4-5-7-15(13)16/h4-7,10,12,14,17,20H,8-9,11H2,1-3H3. The molecule has 3 heteroatoms. The number of nitrogens with one attached hydrogen (secondary N) is 1. The minimum atomic E-state index is 0.143. The maximum atomic E-state index is 6.04. The zero-order chi connectivity index (χ0) is 14.9. The van der Waals surface area contributed by atoms with E-state index in [4.69, 9.17) is 4.74 Å². The molecule has 0 amide bonds. The van der Waals surface area contributed by atoms with Crippen molar-refractivity contribution >= 4 is 10.8 Å². The van der Waals surface area contributed by atoms with Gasteiger partial charge in [0.1, 0.15) is 0 Å². The molecule has 0 radical (unpaired) electrons. The molecule has 1 aromatic heterocycles. The molecule has 1 aliphatic heterocycles. The van der Waals surface area contributed by atoms with Crippen LogP contribution in [0, 0.1) is 5.92 Å². The quantitative estimate of drug-likeness (QED) is 0.933. The lowest BCUT2D eigenvalue weighted by Gasteiger charge is -2.26. The Labute approximate surface area is 126 Å². The molecule has 3 rings (SSSR count). The summed E-state index contributed by atoms with van der Waals surface area (Å²) >= 11 is 0. The lowest BCUT2D eigenvalue weighted by atomic mass is 9.92. The van der Waals surface area contributed by atoms with E-state index in [1.165, 1.54) is 16.3 Å². The first kappa shape index (κ1) is 14.5. The van der Waals surface area contributed by atoms with Gasteiger partial charge in [-0.05, 0) is 32.6 Å². The topological polar surface area (TPSA) is 34.1 Å². The van der Waals surface area contributed by atoms with Crippen molar-refractivity contribution < 1.29 is 4.74 Å². The number of ether oxygens (including phenoxy) is 1. The predicted molar refractivity (Wildman–Crippen MR) is 86.3 cm³/mol. The smallest absolute Gasteiger partial charge is 0.0886 e. The fourth-order valence-electron chi connectivity index (χ4n) is 2.99. The first-order chi connectivity index (χ1) is 10.0. The van der Waals surface area contributed by atoms with Crippen LogP contribution in [-0.2, 0) is 4.74 Å². The van der Waals surface area contributed by atoms with Gasteiger partial charge in [0.15, 0.2) is 0 Å². The van der Waals surface area contributed by atoms with Crippen LogP contribution < -0.4 is 5.32 Å². The molecule has 0 bridgehead atoms. The summed E-state index contributed by atoms with van der Waals surface area (Å²) in [6, 6.07) is 8.43. The molecule has 1 N–H and O–H groups in total. The minimum Gasteiger partial charge on any atom is -0.373 e. The van der Waals surface area contributed by atoms with E-state index in [0.717, 1.165) is 19.6 Å². The van der Waals surface area contributed by atoms with Crippen molar-refractivity contribution in [3.05, 3.63) is 42.2 Å². The van der Waals surface area contributed by atoms with Gasteiger partial charge in [-0.1, -0.05) is 24.3 Å². The summed E-state index contributed by atoms with van der Waals surface area (Å²) in [7, 11) is 0. The zero-order valence-corrected chi connectivity index (χ0v) is 13.1. The molecule has 1 aromatic carbocycles. The van der Waals surface area contributed by atoms with Crippen molar-refractivity contribution in [3.63, 3.8) is 0 Å². The second kappa shape index (κ2) is 5.74. The first-order valence-corrected chi connectivity index (χ1v) is 7.74. The van der Waals surface area contributed by atoms with Crippen LogP contribution in [0.3, 0.4) is 0 Å². The van der Waals surface area contributed by atoms with Gasteiger partial charge in [0, 0.05) is 48.0 Å². The second-order valence-electron chi connectivity index (χ2n) is 6.92. The van der Waals surface area contributed by atoms with Crippen molar-refractivity contribution in [3.8, 4) is 0 Å². The number of nitrogens with zero attached hydrogens (tertiary/aromatic N) is 1.